The summed E-state index contributed by atoms with van der Waals surface area (Å²) in [7, 11) is 1.19. The first-order valence-corrected chi connectivity index (χ1v) is 5.36. The van der Waals surface area contributed by atoms with E-state index in [1.165, 1.54) is 19.2 Å². The predicted octanol–water partition coefficient (Wildman–Crippen LogP) is 2.36. The van der Waals surface area contributed by atoms with Crippen molar-refractivity contribution in [1.82, 2.24) is 4.98 Å². The standard InChI is InChI=1S/C12H11F3N2O2/c1-19-11(18)10(16)9-4-6-2-3-7(12(13,14)15)5-8(6)17-9/h2-5,10,17H,16H2,1H3. The van der Waals surface area contributed by atoms with Crippen LogP contribution in [0.4, 0.5) is 13.2 Å². The van der Waals surface area contributed by atoms with E-state index >= 15 is 0 Å². The van der Waals surface area contributed by atoms with Gasteiger partial charge in [0.1, 0.15) is 6.04 Å². The van der Waals surface area contributed by atoms with Crippen molar-refractivity contribution in [1.29, 1.82) is 0 Å². The smallest absolute Gasteiger partial charge is 0.416 e. The molecule has 1 heterocycles. The van der Waals surface area contributed by atoms with E-state index in [0.29, 0.717) is 11.1 Å². The molecule has 7 heteroatoms. The molecule has 1 aromatic carbocycles. The van der Waals surface area contributed by atoms with E-state index in [1.807, 2.05) is 0 Å². The highest BCUT2D eigenvalue weighted by Crippen LogP contribution is 2.31. The van der Waals surface area contributed by atoms with Crippen LogP contribution in [0.3, 0.4) is 0 Å². The van der Waals surface area contributed by atoms with Gasteiger partial charge in [-0.25, -0.2) is 4.79 Å². The Bertz CT molecular complexity index is 619. The third-order valence-electron chi connectivity index (χ3n) is 2.76. The van der Waals surface area contributed by atoms with Gasteiger partial charge in [-0.2, -0.15) is 13.2 Å². The second kappa shape index (κ2) is 4.58. The van der Waals surface area contributed by atoms with Crippen LogP contribution in [0.15, 0.2) is 24.3 Å². The number of nitrogens with two attached hydrogens (primary N) is 1. The van der Waals surface area contributed by atoms with E-state index in [0.717, 1.165) is 12.1 Å². The van der Waals surface area contributed by atoms with Crippen LogP contribution in [0.2, 0.25) is 0 Å². The largest absolute Gasteiger partial charge is 0.468 e. The lowest BCUT2D eigenvalue weighted by Crippen LogP contribution is -2.22. The van der Waals surface area contributed by atoms with Crippen LogP contribution in [0.5, 0.6) is 0 Å². The Morgan fingerprint density at radius 2 is 2.05 bits per heavy atom. The molecule has 0 saturated heterocycles. The van der Waals surface area contributed by atoms with Crippen molar-refractivity contribution >= 4 is 16.9 Å². The van der Waals surface area contributed by atoms with E-state index in [4.69, 9.17) is 5.73 Å². The van der Waals surface area contributed by atoms with Crippen molar-refractivity contribution in [3.63, 3.8) is 0 Å². The maximum atomic E-state index is 12.6. The monoisotopic (exact) mass is 272 g/mol. The van der Waals surface area contributed by atoms with E-state index in [9.17, 15) is 18.0 Å². The molecular weight excluding hydrogens is 261 g/mol. The van der Waals surface area contributed by atoms with E-state index in [-0.39, 0.29) is 5.52 Å². The molecule has 0 aliphatic carbocycles. The first-order valence-electron chi connectivity index (χ1n) is 5.36. The summed E-state index contributed by atoms with van der Waals surface area (Å²) in [5.74, 6) is -0.664. The molecule has 0 fully saturated rings. The van der Waals surface area contributed by atoms with Crippen LogP contribution in [0.25, 0.3) is 10.9 Å². The molecule has 102 valence electrons. The molecule has 0 aliphatic heterocycles. The van der Waals surface area contributed by atoms with Gasteiger partial charge >= 0.3 is 12.1 Å². The number of aromatic nitrogens is 1. The molecule has 1 unspecified atom stereocenters. The average molecular weight is 272 g/mol. The Kier molecular flexibility index (Phi) is 3.23. The van der Waals surface area contributed by atoms with Crippen LogP contribution >= 0.6 is 0 Å². The van der Waals surface area contributed by atoms with E-state index < -0.39 is 23.8 Å². The molecule has 0 radical (unpaired) electrons. The molecule has 0 aliphatic rings. The number of aromatic amines is 1. The summed E-state index contributed by atoms with van der Waals surface area (Å²) >= 11 is 0. The Hall–Kier alpha value is -2.02. The fourth-order valence-electron chi connectivity index (χ4n) is 1.75. The lowest BCUT2D eigenvalue weighted by atomic mass is 10.1. The Morgan fingerprint density at radius 3 is 2.63 bits per heavy atom. The number of carbonyl (C=O) groups is 1. The zero-order valence-electron chi connectivity index (χ0n) is 9.91. The molecule has 2 rings (SSSR count). The number of hydrogen-bond acceptors (Lipinski definition) is 3. The minimum absolute atomic E-state index is 0.268. The lowest BCUT2D eigenvalue weighted by molar-refractivity contribution is -0.142. The highest BCUT2D eigenvalue weighted by atomic mass is 19.4. The molecule has 0 amide bonds. The molecule has 1 atom stereocenters. The normalized spacial score (nSPS) is 13.5. The summed E-state index contributed by atoms with van der Waals surface area (Å²) in [4.78, 5) is 14.0. The number of fused-ring (bicyclic) bond motifs is 1. The Labute approximate surface area is 106 Å². The van der Waals surface area contributed by atoms with Gasteiger partial charge in [0.15, 0.2) is 0 Å². The zero-order valence-corrected chi connectivity index (χ0v) is 9.91. The van der Waals surface area contributed by atoms with Crippen molar-refractivity contribution in [3.05, 3.63) is 35.5 Å². The van der Waals surface area contributed by atoms with Crippen molar-refractivity contribution in [2.45, 2.75) is 12.2 Å². The predicted molar refractivity (Wildman–Crippen MR) is 62.2 cm³/mol. The number of H-pyrrole nitrogens is 1. The van der Waals surface area contributed by atoms with Crippen molar-refractivity contribution in [2.24, 2.45) is 5.73 Å². The van der Waals surface area contributed by atoms with Crippen LogP contribution < -0.4 is 5.73 Å². The zero-order chi connectivity index (χ0) is 14.2. The lowest BCUT2D eigenvalue weighted by Gasteiger charge is -2.06. The highest BCUT2D eigenvalue weighted by molar-refractivity contribution is 5.84. The first kappa shape index (κ1) is 13.4. The van der Waals surface area contributed by atoms with Crippen LogP contribution in [-0.4, -0.2) is 18.1 Å². The van der Waals surface area contributed by atoms with Gasteiger partial charge in [0.25, 0.3) is 0 Å². The quantitative estimate of drug-likeness (QED) is 0.825. The molecule has 2 aromatic rings. The maximum absolute atomic E-state index is 12.6. The number of halogens is 3. The number of benzene rings is 1. The van der Waals surface area contributed by atoms with Gasteiger partial charge in [0.05, 0.1) is 12.7 Å². The van der Waals surface area contributed by atoms with Crippen molar-refractivity contribution in [2.75, 3.05) is 7.11 Å². The molecular formula is C12H11F3N2O2. The van der Waals surface area contributed by atoms with Crippen LogP contribution in [0, 0.1) is 0 Å². The van der Waals surface area contributed by atoms with E-state index in [2.05, 4.69) is 9.72 Å². The number of carbonyl (C=O) groups excluding carboxylic acids is 1. The second-order valence-corrected chi connectivity index (χ2v) is 4.03. The number of esters is 1. The number of alkyl halides is 3. The Balaban J connectivity index is 2.44. The SMILES string of the molecule is COC(=O)C(N)c1cc2ccc(C(F)(F)F)cc2[nH]1. The average Bonchev–Trinajstić information content (AvgIpc) is 2.78. The van der Waals surface area contributed by atoms with Gasteiger partial charge in [-0.1, -0.05) is 6.07 Å². The molecule has 0 bridgehead atoms. The first-order chi connectivity index (χ1) is 8.82. The Morgan fingerprint density at radius 1 is 1.37 bits per heavy atom. The van der Waals surface area contributed by atoms with E-state index in [1.54, 1.807) is 0 Å². The fraction of sp³-hybridized carbons (Fsp3) is 0.250. The summed E-state index contributed by atoms with van der Waals surface area (Å²) in [5.41, 5.74) is 5.42. The van der Waals surface area contributed by atoms with Crippen molar-refractivity contribution in [3.8, 4) is 0 Å². The van der Waals surface area contributed by atoms with Crippen molar-refractivity contribution < 1.29 is 22.7 Å². The molecule has 0 saturated carbocycles. The minimum Gasteiger partial charge on any atom is -0.468 e. The maximum Gasteiger partial charge on any atom is 0.416 e. The van der Waals surface area contributed by atoms with Gasteiger partial charge in [0, 0.05) is 11.2 Å². The topological polar surface area (TPSA) is 68.1 Å². The molecule has 19 heavy (non-hydrogen) atoms. The van der Waals surface area contributed by atoms with Gasteiger partial charge in [-0.15, -0.1) is 0 Å². The van der Waals surface area contributed by atoms with Gasteiger partial charge in [0.2, 0.25) is 0 Å². The summed E-state index contributed by atoms with van der Waals surface area (Å²) in [6.07, 6.45) is -4.41. The number of ether oxygens (including phenoxy) is 1. The summed E-state index contributed by atoms with van der Waals surface area (Å²) in [6.45, 7) is 0. The molecule has 0 spiro atoms. The van der Waals surface area contributed by atoms with Crippen LogP contribution in [-0.2, 0) is 15.7 Å². The third-order valence-corrected chi connectivity index (χ3v) is 2.76. The second-order valence-electron chi connectivity index (χ2n) is 4.03. The highest BCUT2D eigenvalue weighted by Gasteiger charge is 2.30. The molecule has 3 N–H and O–H groups in total. The number of rotatable bonds is 2. The number of methoxy groups -OCH3 is 1. The minimum atomic E-state index is -4.41. The summed E-state index contributed by atoms with van der Waals surface area (Å²) in [6, 6.07) is 3.75. The number of hydrogen-bond donors (Lipinski definition) is 2. The molecule has 4 nitrogen and oxygen atoms in total. The molecule has 1 aromatic heterocycles. The van der Waals surface area contributed by atoms with Gasteiger partial charge in [-0.05, 0) is 23.6 Å². The third kappa shape index (κ3) is 2.55. The van der Waals surface area contributed by atoms with Crippen LogP contribution in [0.1, 0.15) is 17.3 Å². The van der Waals surface area contributed by atoms with Gasteiger partial charge in [-0.3, -0.25) is 0 Å². The van der Waals surface area contributed by atoms with Gasteiger partial charge < -0.3 is 15.5 Å². The summed E-state index contributed by atoms with van der Waals surface area (Å²) < 4.78 is 42.1. The summed E-state index contributed by atoms with van der Waals surface area (Å²) in [5, 5.41) is 0.544. The number of nitrogens with one attached hydrogen (secondary N) is 1. The fourth-order valence-corrected chi connectivity index (χ4v) is 1.75.